The number of ketones is 1. The number of allylic oxidation sites excluding steroid dienone is 1. The number of furan rings is 1. The van der Waals surface area contributed by atoms with E-state index in [2.05, 4.69) is 0 Å². The van der Waals surface area contributed by atoms with Crippen LogP contribution in [0, 0.1) is 0 Å². The predicted octanol–water partition coefficient (Wildman–Crippen LogP) is 3.50. The molecule has 1 aliphatic rings. The van der Waals surface area contributed by atoms with Crippen LogP contribution in [0.1, 0.15) is 35.4 Å². The molecule has 1 heterocycles. The van der Waals surface area contributed by atoms with Crippen LogP contribution in [0.25, 0.3) is 17.4 Å². The summed E-state index contributed by atoms with van der Waals surface area (Å²) in [6.45, 7) is 0. The molecule has 22 heavy (non-hydrogen) atoms. The van der Waals surface area contributed by atoms with Gasteiger partial charge in [-0.3, -0.25) is 9.59 Å². The Balaban J connectivity index is 0.000000847. The Morgan fingerprint density at radius 2 is 1.95 bits per heavy atom. The molecule has 1 aromatic carbocycles. The average Bonchev–Trinajstić information content (AvgIpc) is 3.20. The lowest BCUT2D eigenvalue weighted by atomic mass is 10.1. The van der Waals surface area contributed by atoms with Crippen molar-refractivity contribution in [2.75, 3.05) is 7.11 Å². The number of benzene rings is 1. The van der Waals surface area contributed by atoms with Gasteiger partial charge in [-0.25, -0.2) is 0 Å². The van der Waals surface area contributed by atoms with Gasteiger partial charge in [0.05, 0.1) is 0 Å². The fraction of sp³-hybridized carbons (Fsp3) is 0.222. The standard InChI is InChI=1S/C17H14O3.CH4O/c18-11-12-3-1-5-14(9-12)17-8-7-15(20-17)10-13-4-2-6-16(13)19;1-2/h1,3,5,7-11H,2,4,6H2;2H,1H3/b13-10+;. The second kappa shape index (κ2) is 7.52. The smallest absolute Gasteiger partial charge is 0.159 e. The first-order valence-electron chi connectivity index (χ1n) is 7.10. The lowest BCUT2D eigenvalue weighted by Gasteiger charge is -1.98. The third kappa shape index (κ3) is 3.59. The Bertz CT molecular complexity index is 695. The minimum Gasteiger partial charge on any atom is -0.457 e. The van der Waals surface area contributed by atoms with Crippen LogP contribution in [0.3, 0.4) is 0 Å². The first-order chi connectivity index (χ1) is 10.8. The number of aldehydes is 1. The molecule has 0 radical (unpaired) electrons. The zero-order valence-electron chi connectivity index (χ0n) is 12.4. The first-order valence-corrected chi connectivity index (χ1v) is 7.10. The summed E-state index contributed by atoms with van der Waals surface area (Å²) in [5.41, 5.74) is 2.31. The quantitative estimate of drug-likeness (QED) is 0.695. The molecule has 0 spiro atoms. The molecule has 2 aromatic rings. The number of carbonyl (C=O) groups excluding carboxylic acids is 2. The van der Waals surface area contributed by atoms with Crippen molar-refractivity contribution in [2.24, 2.45) is 0 Å². The van der Waals surface area contributed by atoms with Gasteiger partial charge in [-0.15, -0.1) is 0 Å². The van der Waals surface area contributed by atoms with Gasteiger partial charge < -0.3 is 9.52 Å². The second-order valence-corrected chi connectivity index (χ2v) is 4.89. The molecule has 4 nitrogen and oxygen atoms in total. The van der Waals surface area contributed by atoms with Gasteiger partial charge in [0.2, 0.25) is 0 Å². The van der Waals surface area contributed by atoms with Crippen molar-refractivity contribution in [3.05, 3.63) is 53.3 Å². The molecule has 1 saturated carbocycles. The normalized spacial score (nSPS) is 15.5. The average molecular weight is 298 g/mol. The van der Waals surface area contributed by atoms with Crippen LogP contribution in [0.2, 0.25) is 0 Å². The third-order valence-corrected chi connectivity index (χ3v) is 3.46. The molecule has 1 aromatic heterocycles. The van der Waals surface area contributed by atoms with Gasteiger partial charge in [0, 0.05) is 24.7 Å². The van der Waals surface area contributed by atoms with E-state index < -0.39 is 0 Å². The van der Waals surface area contributed by atoms with E-state index in [1.54, 1.807) is 12.1 Å². The molecule has 1 fully saturated rings. The van der Waals surface area contributed by atoms with Gasteiger partial charge in [-0.2, -0.15) is 0 Å². The van der Waals surface area contributed by atoms with E-state index >= 15 is 0 Å². The van der Waals surface area contributed by atoms with Gasteiger partial charge in [0.15, 0.2) is 5.78 Å². The van der Waals surface area contributed by atoms with E-state index in [-0.39, 0.29) is 5.78 Å². The fourth-order valence-electron chi connectivity index (χ4n) is 2.41. The molecule has 1 aliphatic carbocycles. The maximum absolute atomic E-state index is 11.6. The number of hydrogen-bond acceptors (Lipinski definition) is 4. The van der Waals surface area contributed by atoms with Crippen molar-refractivity contribution in [1.29, 1.82) is 0 Å². The summed E-state index contributed by atoms with van der Waals surface area (Å²) in [4.78, 5) is 22.4. The fourth-order valence-corrected chi connectivity index (χ4v) is 2.41. The lowest BCUT2D eigenvalue weighted by Crippen LogP contribution is -1.90. The van der Waals surface area contributed by atoms with Crippen LogP contribution >= 0.6 is 0 Å². The van der Waals surface area contributed by atoms with Crippen molar-refractivity contribution in [2.45, 2.75) is 19.3 Å². The first kappa shape index (κ1) is 15.9. The highest BCUT2D eigenvalue weighted by Crippen LogP contribution is 2.27. The molecule has 1 N–H and O–H groups in total. The Hall–Kier alpha value is -2.46. The molecule has 0 unspecified atom stereocenters. The van der Waals surface area contributed by atoms with Crippen molar-refractivity contribution in [1.82, 2.24) is 0 Å². The molecule has 4 heteroatoms. The molecule has 0 atom stereocenters. The summed E-state index contributed by atoms with van der Waals surface area (Å²) in [5, 5.41) is 7.00. The zero-order chi connectivity index (χ0) is 15.9. The highest BCUT2D eigenvalue weighted by atomic mass is 16.3. The van der Waals surface area contributed by atoms with E-state index in [0.29, 0.717) is 23.5 Å². The van der Waals surface area contributed by atoms with Crippen LogP contribution in [-0.2, 0) is 4.79 Å². The largest absolute Gasteiger partial charge is 0.457 e. The molecular formula is C18H18O4. The second-order valence-electron chi connectivity index (χ2n) is 4.89. The Morgan fingerprint density at radius 1 is 1.14 bits per heavy atom. The van der Waals surface area contributed by atoms with E-state index in [1.165, 1.54) is 0 Å². The molecule has 0 aliphatic heterocycles. The number of aliphatic hydroxyl groups is 1. The van der Waals surface area contributed by atoms with Gasteiger partial charge in [0.25, 0.3) is 0 Å². The van der Waals surface area contributed by atoms with E-state index in [4.69, 9.17) is 9.52 Å². The SMILES string of the molecule is CO.O=Cc1cccc(-c2ccc(/C=C3\CCCC3=O)o2)c1. The Labute approximate surface area is 129 Å². The Morgan fingerprint density at radius 3 is 2.64 bits per heavy atom. The van der Waals surface area contributed by atoms with E-state index in [0.717, 1.165) is 37.4 Å². The predicted molar refractivity (Wildman–Crippen MR) is 84.5 cm³/mol. The van der Waals surface area contributed by atoms with Crippen molar-refractivity contribution in [3.8, 4) is 11.3 Å². The summed E-state index contributed by atoms with van der Waals surface area (Å²) < 4.78 is 5.73. The van der Waals surface area contributed by atoms with Gasteiger partial charge in [-0.05, 0) is 42.7 Å². The summed E-state index contributed by atoms with van der Waals surface area (Å²) in [7, 11) is 1.00. The number of aliphatic hydroxyl groups excluding tert-OH is 1. The summed E-state index contributed by atoms with van der Waals surface area (Å²) in [5.74, 6) is 1.60. The number of rotatable bonds is 3. The molecule has 114 valence electrons. The van der Waals surface area contributed by atoms with Gasteiger partial charge >= 0.3 is 0 Å². The van der Waals surface area contributed by atoms with Gasteiger partial charge in [-0.1, -0.05) is 18.2 Å². The highest BCUT2D eigenvalue weighted by molar-refractivity contribution is 6.01. The Kier molecular flexibility index (Phi) is 5.44. The van der Waals surface area contributed by atoms with Crippen LogP contribution < -0.4 is 0 Å². The molecule has 0 amide bonds. The molecular weight excluding hydrogens is 280 g/mol. The van der Waals surface area contributed by atoms with Crippen LogP contribution in [0.4, 0.5) is 0 Å². The summed E-state index contributed by atoms with van der Waals surface area (Å²) >= 11 is 0. The minimum atomic E-state index is 0.214. The maximum atomic E-state index is 11.6. The van der Waals surface area contributed by atoms with Crippen LogP contribution in [-0.4, -0.2) is 24.3 Å². The zero-order valence-corrected chi connectivity index (χ0v) is 12.4. The lowest BCUT2D eigenvalue weighted by molar-refractivity contribution is -0.114. The number of hydrogen-bond donors (Lipinski definition) is 1. The molecule has 0 bridgehead atoms. The topological polar surface area (TPSA) is 67.5 Å². The van der Waals surface area contributed by atoms with Crippen molar-refractivity contribution >= 4 is 18.1 Å². The van der Waals surface area contributed by atoms with Crippen molar-refractivity contribution < 1.29 is 19.1 Å². The van der Waals surface area contributed by atoms with E-state index in [9.17, 15) is 9.59 Å². The highest BCUT2D eigenvalue weighted by Gasteiger charge is 2.17. The van der Waals surface area contributed by atoms with Crippen molar-refractivity contribution in [3.63, 3.8) is 0 Å². The van der Waals surface area contributed by atoms with Crippen LogP contribution in [0.15, 0.2) is 46.4 Å². The monoisotopic (exact) mass is 298 g/mol. The molecule has 0 saturated heterocycles. The molecule has 3 rings (SSSR count). The van der Waals surface area contributed by atoms with E-state index in [1.807, 2.05) is 30.3 Å². The number of carbonyl (C=O) groups is 2. The third-order valence-electron chi connectivity index (χ3n) is 3.46. The summed E-state index contributed by atoms with van der Waals surface area (Å²) in [6.07, 6.45) is 5.03. The minimum absolute atomic E-state index is 0.214. The number of Topliss-reactive ketones (excluding diaryl/α,β-unsaturated/α-hetero) is 1. The summed E-state index contributed by atoms with van der Waals surface area (Å²) in [6, 6.07) is 10.9. The van der Waals surface area contributed by atoms with Crippen LogP contribution in [0.5, 0.6) is 0 Å². The van der Waals surface area contributed by atoms with Gasteiger partial charge in [0.1, 0.15) is 17.8 Å². The maximum Gasteiger partial charge on any atom is 0.159 e.